The summed E-state index contributed by atoms with van der Waals surface area (Å²) in [5.41, 5.74) is 0.385. The third kappa shape index (κ3) is 7.34. The van der Waals surface area contributed by atoms with Crippen LogP contribution in [0, 0.1) is 0 Å². The van der Waals surface area contributed by atoms with E-state index >= 15 is 0 Å². The van der Waals surface area contributed by atoms with Crippen LogP contribution in [-0.4, -0.2) is 56.6 Å². The Bertz CT molecular complexity index is 859. The molecule has 0 radical (unpaired) electrons. The third-order valence-electron chi connectivity index (χ3n) is 3.70. The van der Waals surface area contributed by atoms with Crippen LogP contribution in [0.5, 0.6) is 11.5 Å². The third-order valence-corrected chi connectivity index (χ3v) is 3.93. The van der Waals surface area contributed by atoms with E-state index < -0.39 is 24.4 Å². The molecule has 8 nitrogen and oxygen atoms in total. The van der Waals surface area contributed by atoms with E-state index in [2.05, 4.69) is 5.32 Å². The molecule has 0 bridgehead atoms. The summed E-state index contributed by atoms with van der Waals surface area (Å²) in [4.78, 5) is 37.1. The Morgan fingerprint density at radius 2 is 1.79 bits per heavy atom. The molecule has 0 aliphatic rings. The van der Waals surface area contributed by atoms with Gasteiger partial charge in [-0.2, -0.15) is 0 Å². The molecule has 1 N–H and O–H groups in total. The first-order valence-electron chi connectivity index (χ1n) is 8.60. The van der Waals surface area contributed by atoms with E-state index in [1.54, 1.807) is 36.4 Å². The number of likely N-dealkylation sites (N-methyl/N-ethyl adjacent to an activating group) is 1. The molecule has 0 aliphatic carbocycles. The quantitative estimate of drug-likeness (QED) is 0.626. The van der Waals surface area contributed by atoms with Crippen LogP contribution in [0.1, 0.15) is 0 Å². The minimum Gasteiger partial charge on any atom is -0.495 e. The molecule has 9 heteroatoms. The van der Waals surface area contributed by atoms with Crippen molar-refractivity contribution in [2.75, 3.05) is 39.2 Å². The van der Waals surface area contributed by atoms with Gasteiger partial charge >= 0.3 is 5.97 Å². The number of ether oxygens (including phenoxy) is 3. The Kier molecular flexibility index (Phi) is 8.29. The van der Waals surface area contributed by atoms with E-state index in [1.807, 2.05) is 6.07 Å². The molecule has 0 spiro atoms. The lowest BCUT2D eigenvalue weighted by molar-refractivity contribution is -0.153. The van der Waals surface area contributed by atoms with Gasteiger partial charge in [-0.1, -0.05) is 29.8 Å². The topological polar surface area (TPSA) is 94.2 Å². The minimum absolute atomic E-state index is 0.243. The molecule has 2 rings (SSSR count). The molecule has 0 saturated carbocycles. The summed E-state index contributed by atoms with van der Waals surface area (Å²) >= 11 is 5.92. The molecular formula is C20H21ClN2O6. The zero-order chi connectivity index (χ0) is 21.2. The first-order valence-corrected chi connectivity index (χ1v) is 8.97. The molecular weight excluding hydrogens is 400 g/mol. The van der Waals surface area contributed by atoms with Gasteiger partial charge in [-0.15, -0.1) is 0 Å². The molecule has 0 heterocycles. The normalized spacial score (nSPS) is 10.0. The zero-order valence-electron chi connectivity index (χ0n) is 16.0. The number of amides is 2. The van der Waals surface area contributed by atoms with Gasteiger partial charge in [0.25, 0.3) is 5.91 Å². The van der Waals surface area contributed by atoms with Gasteiger partial charge in [-0.3, -0.25) is 9.59 Å². The van der Waals surface area contributed by atoms with Gasteiger partial charge < -0.3 is 24.4 Å². The first-order chi connectivity index (χ1) is 13.9. The number of carbonyl (C=O) groups excluding carboxylic acids is 3. The Balaban J connectivity index is 1.76. The van der Waals surface area contributed by atoms with Crippen molar-refractivity contribution in [3.8, 4) is 11.5 Å². The van der Waals surface area contributed by atoms with Gasteiger partial charge in [0, 0.05) is 12.1 Å². The standard InChI is InChI=1S/C20H21ClN2O6/c1-23(11-18(24)22-16-10-14(21)8-9-17(16)27-2)19(25)12-29-20(26)13-28-15-6-4-3-5-7-15/h3-10H,11-13H2,1-2H3,(H,22,24). The van der Waals surface area contributed by atoms with E-state index in [0.29, 0.717) is 22.2 Å². The van der Waals surface area contributed by atoms with Crippen molar-refractivity contribution in [3.05, 3.63) is 53.6 Å². The zero-order valence-corrected chi connectivity index (χ0v) is 16.8. The van der Waals surface area contributed by atoms with Crippen molar-refractivity contribution >= 4 is 35.1 Å². The summed E-state index contributed by atoms with van der Waals surface area (Å²) < 4.78 is 15.3. The van der Waals surface area contributed by atoms with Crippen LogP contribution < -0.4 is 14.8 Å². The van der Waals surface area contributed by atoms with Crippen LogP contribution in [0.2, 0.25) is 5.02 Å². The van der Waals surface area contributed by atoms with Crippen molar-refractivity contribution < 1.29 is 28.6 Å². The van der Waals surface area contributed by atoms with Crippen LogP contribution in [0.25, 0.3) is 0 Å². The number of anilines is 1. The van der Waals surface area contributed by atoms with Gasteiger partial charge in [-0.25, -0.2) is 4.79 Å². The predicted molar refractivity (Wildman–Crippen MR) is 107 cm³/mol. The summed E-state index contributed by atoms with van der Waals surface area (Å²) in [5, 5.41) is 3.05. The number of para-hydroxylation sites is 1. The number of hydrogen-bond donors (Lipinski definition) is 1. The van der Waals surface area contributed by atoms with E-state index in [0.717, 1.165) is 4.90 Å². The number of nitrogens with zero attached hydrogens (tertiary/aromatic N) is 1. The minimum atomic E-state index is -0.691. The molecule has 0 unspecified atom stereocenters. The van der Waals surface area contributed by atoms with Crippen LogP contribution >= 0.6 is 11.6 Å². The monoisotopic (exact) mass is 420 g/mol. The highest BCUT2D eigenvalue weighted by atomic mass is 35.5. The molecule has 0 atom stereocenters. The maximum Gasteiger partial charge on any atom is 0.344 e. The number of methoxy groups -OCH3 is 1. The Morgan fingerprint density at radius 1 is 1.07 bits per heavy atom. The van der Waals surface area contributed by atoms with Crippen molar-refractivity contribution in [1.82, 2.24) is 4.90 Å². The van der Waals surface area contributed by atoms with Crippen molar-refractivity contribution in [1.29, 1.82) is 0 Å². The van der Waals surface area contributed by atoms with Crippen molar-refractivity contribution in [2.45, 2.75) is 0 Å². The number of nitrogens with one attached hydrogen (secondary N) is 1. The largest absolute Gasteiger partial charge is 0.495 e. The second-order valence-electron chi connectivity index (χ2n) is 5.90. The molecule has 2 aromatic rings. The number of hydrogen-bond acceptors (Lipinski definition) is 6. The smallest absolute Gasteiger partial charge is 0.344 e. The fourth-order valence-corrected chi connectivity index (χ4v) is 2.40. The molecule has 2 amide bonds. The molecule has 0 aromatic heterocycles. The fourth-order valence-electron chi connectivity index (χ4n) is 2.22. The van der Waals surface area contributed by atoms with Crippen LogP contribution in [0.3, 0.4) is 0 Å². The second kappa shape index (κ2) is 10.9. The molecule has 0 aliphatic heterocycles. The fraction of sp³-hybridized carbons (Fsp3) is 0.250. The summed E-state index contributed by atoms with van der Waals surface area (Å²) in [5.74, 6) is -0.736. The van der Waals surface area contributed by atoms with E-state index in [-0.39, 0.29) is 13.2 Å². The molecule has 0 fully saturated rings. The highest BCUT2D eigenvalue weighted by molar-refractivity contribution is 6.31. The molecule has 0 saturated heterocycles. The van der Waals surface area contributed by atoms with E-state index in [4.69, 9.17) is 25.8 Å². The van der Waals surface area contributed by atoms with Crippen molar-refractivity contribution in [3.63, 3.8) is 0 Å². The number of carbonyl (C=O) groups is 3. The number of rotatable bonds is 9. The second-order valence-corrected chi connectivity index (χ2v) is 6.34. The highest BCUT2D eigenvalue weighted by Crippen LogP contribution is 2.27. The number of halogens is 1. The van der Waals surface area contributed by atoms with E-state index in [9.17, 15) is 14.4 Å². The SMILES string of the molecule is COc1ccc(Cl)cc1NC(=O)CN(C)C(=O)COC(=O)COc1ccccc1. The average molecular weight is 421 g/mol. The summed E-state index contributed by atoms with van der Waals surface area (Å²) in [6.07, 6.45) is 0. The van der Waals surface area contributed by atoms with Gasteiger partial charge in [0.15, 0.2) is 13.2 Å². The lowest BCUT2D eigenvalue weighted by Crippen LogP contribution is -2.37. The van der Waals surface area contributed by atoms with Gasteiger partial charge in [0.1, 0.15) is 11.5 Å². The Labute approximate surface area is 173 Å². The molecule has 2 aromatic carbocycles. The predicted octanol–water partition coefficient (Wildman–Crippen LogP) is 2.37. The molecule has 154 valence electrons. The van der Waals surface area contributed by atoms with Gasteiger partial charge in [0.2, 0.25) is 5.91 Å². The van der Waals surface area contributed by atoms with Crippen LogP contribution in [0.4, 0.5) is 5.69 Å². The lowest BCUT2D eigenvalue weighted by atomic mass is 10.3. The van der Waals surface area contributed by atoms with Crippen LogP contribution in [0.15, 0.2) is 48.5 Å². The maximum absolute atomic E-state index is 12.2. The first kappa shape index (κ1) is 22.0. The molecule has 29 heavy (non-hydrogen) atoms. The Hall–Kier alpha value is -3.26. The van der Waals surface area contributed by atoms with Crippen molar-refractivity contribution in [2.24, 2.45) is 0 Å². The summed E-state index contributed by atoms with van der Waals surface area (Å²) in [7, 11) is 2.88. The maximum atomic E-state index is 12.2. The van der Waals surface area contributed by atoms with Gasteiger partial charge in [0.05, 0.1) is 19.3 Å². The van der Waals surface area contributed by atoms with E-state index in [1.165, 1.54) is 20.2 Å². The summed E-state index contributed by atoms with van der Waals surface area (Å²) in [6.45, 7) is -1.07. The number of esters is 1. The lowest BCUT2D eigenvalue weighted by Gasteiger charge is -2.17. The number of benzene rings is 2. The Morgan fingerprint density at radius 3 is 2.48 bits per heavy atom. The van der Waals surface area contributed by atoms with Crippen LogP contribution in [-0.2, 0) is 19.1 Å². The summed E-state index contributed by atoms with van der Waals surface area (Å²) in [6, 6.07) is 13.5. The van der Waals surface area contributed by atoms with Gasteiger partial charge in [-0.05, 0) is 30.3 Å². The highest BCUT2D eigenvalue weighted by Gasteiger charge is 2.16. The average Bonchev–Trinajstić information content (AvgIpc) is 2.71.